The van der Waals surface area contributed by atoms with Crippen molar-refractivity contribution < 1.29 is 0 Å². The van der Waals surface area contributed by atoms with Gasteiger partial charge in [0.1, 0.15) is 10.7 Å². The maximum Gasteiger partial charge on any atom is 0.259 e. The molecule has 0 saturated carbocycles. The molecular formula is C20H24N4OS. The zero-order chi connectivity index (χ0) is 18.3. The fourth-order valence-electron chi connectivity index (χ4n) is 3.65. The van der Waals surface area contributed by atoms with Crippen molar-refractivity contribution in [2.24, 2.45) is 5.92 Å². The van der Waals surface area contributed by atoms with Gasteiger partial charge in [0, 0.05) is 11.9 Å². The maximum absolute atomic E-state index is 12.7. The predicted octanol–water partition coefficient (Wildman–Crippen LogP) is 3.81. The summed E-state index contributed by atoms with van der Waals surface area (Å²) in [4.78, 5) is 22.8. The number of hydrogen-bond donors (Lipinski definition) is 2. The first-order valence-electron chi connectivity index (χ1n) is 9.12. The first kappa shape index (κ1) is 17.2. The van der Waals surface area contributed by atoms with E-state index in [1.807, 2.05) is 49.3 Å². The minimum atomic E-state index is -0.102. The van der Waals surface area contributed by atoms with E-state index in [9.17, 15) is 4.79 Å². The van der Waals surface area contributed by atoms with Gasteiger partial charge in [-0.2, -0.15) is 0 Å². The Balaban J connectivity index is 1.64. The summed E-state index contributed by atoms with van der Waals surface area (Å²) in [6, 6.07) is 9.97. The molecule has 0 spiro atoms. The van der Waals surface area contributed by atoms with Crippen molar-refractivity contribution in [3.05, 3.63) is 57.0 Å². The standard InChI is InChI=1S/C20H24N4OS/c1-12-9-10-15-16(11-12)26-20-17(15)19(25)21-18(22-20)13(2)23-24(3)14-7-5-4-6-8-14/h4-8,12-13,23H,9-11H2,1-3H3,(H,21,22,25)/t12-,13-/m1/s1. The van der Waals surface area contributed by atoms with E-state index in [1.165, 1.54) is 10.4 Å². The molecule has 0 aliphatic heterocycles. The molecule has 136 valence electrons. The van der Waals surface area contributed by atoms with Crippen LogP contribution in [0, 0.1) is 5.92 Å². The Morgan fingerprint density at radius 3 is 2.88 bits per heavy atom. The monoisotopic (exact) mass is 368 g/mol. The van der Waals surface area contributed by atoms with Gasteiger partial charge in [-0.25, -0.2) is 10.4 Å². The number of hydrogen-bond acceptors (Lipinski definition) is 5. The number of aryl methyl sites for hydroxylation is 1. The van der Waals surface area contributed by atoms with E-state index >= 15 is 0 Å². The molecule has 2 heterocycles. The van der Waals surface area contributed by atoms with E-state index in [1.54, 1.807) is 11.3 Å². The van der Waals surface area contributed by atoms with Gasteiger partial charge in [-0.3, -0.25) is 4.79 Å². The van der Waals surface area contributed by atoms with Crippen LogP contribution >= 0.6 is 11.3 Å². The van der Waals surface area contributed by atoms with Crippen LogP contribution in [-0.4, -0.2) is 17.0 Å². The largest absolute Gasteiger partial charge is 0.311 e. The number of aromatic amines is 1. The molecule has 2 N–H and O–H groups in total. The number of benzene rings is 1. The second-order valence-electron chi connectivity index (χ2n) is 7.23. The summed E-state index contributed by atoms with van der Waals surface area (Å²) in [5, 5.41) is 2.76. The number of anilines is 1. The molecule has 0 radical (unpaired) electrons. The highest BCUT2D eigenvalue weighted by Crippen LogP contribution is 2.35. The Labute approximate surface area is 157 Å². The highest BCUT2D eigenvalue weighted by atomic mass is 32.1. The third-order valence-electron chi connectivity index (χ3n) is 5.12. The molecule has 1 aliphatic carbocycles. The molecule has 26 heavy (non-hydrogen) atoms. The number of nitrogens with one attached hydrogen (secondary N) is 2. The van der Waals surface area contributed by atoms with Gasteiger partial charge >= 0.3 is 0 Å². The first-order chi connectivity index (χ1) is 12.5. The Kier molecular flexibility index (Phi) is 4.54. The zero-order valence-electron chi connectivity index (χ0n) is 15.4. The number of para-hydroxylation sites is 1. The summed E-state index contributed by atoms with van der Waals surface area (Å²) < 4.78 is 0. The lowest BCUT2D eigenvalue weighted by Crippen LogP contribution is -2.37. The lowest BCUT2D eigenvalue weighted by molar-refractivity contribution is 0.509. The van der Waals surface area contributed by atoms with Crippen LogP contribution in [0.2, 0.25) is 0 Å². The van der Waals surface area contributed by atoms with Gasteiger partial charge in [-0.15, -0.1) is 11.3 Å². The molecule has 0 unspecified atom stereocenters. The lowest BCUT2D eigenvalue weighted by atomic mass is 9.89. The minimum absolute atomic E-state index is 0.00642. The summed E-state index contributed by atoms with van der Waals surface area (Å²) in [5.74, 6) is 1.37. The Morgan fingerprint density at radius 2 is 2.12 bits per heavy atom. The molecule has 0 saturated heterocycles. The summed E-state index contributed by atoms with van der Waals surface area (Å²) in [7, 11) is 1.97. The number of fused-ring (bicyclic) bond motifs is 3. The van der Waals surface area contributed by atoms with E-state index in [4.69, 9.17) is 4.98 Å². The molecule has 6 heteroatoms. The van der Waals surface area contributed by atoms with Crippen LogP contribution in [0.1, 0.15) is 42.6 Å². The van der Waals surface area contributed by atoms with Crippen LogP contribution in [0.4, 0.5) is 5.69 Å². The SMILES string of the molecule is C[C@@H]1CCc2c(sc3nc([C@@H](C)NN(C)c4ccccc4)[nH]c(=O)c23)C1. The third-order valence-corrected chi connectivity index (χ3v) is 6.27. The van der Waals surface area contributed by atoms with E-state index in [-0.39, 0.29) is 11.6 Å². The number of H-pyrrole nitrogens is 1. The molecule has 4 rings (SSSR count). The van der Waals surface area contributed by atoms with Crippen LogP contribution in [0.15, 0.2) is 35.1 Å². The van der Waals surface area contributed by atoms with Crippen molar-refractivity contribution in [2.75, 3.05) is 12.1 Å². The minimum Gasteiger partial charge on any atom is -0.311 e. The van der Waals surface area contributed by atoms with Gasteiger partial charge in [0.25, 0.3) is 5.56 Å². The number of rotatable bonds is 4. The van der Waals surface area contributed by atoms with Crippen LogP contribution in [0.3, 0.4) is 0 Å². The molecule has 0 bridgehead atoms. The van der Waals surface area contributed by atoms with E-state index in [0.29, 0.717) is 11.7 Å². The lowest BCUT2D eigenvalue weighted by Gasteiger charge is -2.24. The Hall–Kier alpha value is -2.18. The molecule has 1 aliphatic rings. The van der Waals surface area contributed by atoms with Gasteiger partial charge < -0.3 is 9.99 Å². The topological polar surface area (TPSA) is 61.0 Å². The molecule has 5 nitrogen and oxygen atoms in total. The Morgan fingerprint density at radius 1 is 1.35 bits per heavy atom. The molecule has 2 atom stereocenters. The summed E-state index contributed by atoms with van der Waals surface area (Å²) >= 11 is 1.69. The highest BCUT2D eigenvalue weighted by Gasteiger charge is 2.23. The average Bonchev–Trinajstić information content (AvgIpc) is 3.00. The number of nitrogens with zero attached hydrogens (tertiary/aromatic N) is 2. The zero-order valence-corrected chi connectivity index (χ0v) is 16.2. The van der Waals surface area contributed by atoms with Crippen molar-refractivity contribution in [1.29, 1.82) is 0 Å². The predicted molar refractivity (Wildman–Crippen MR) is 108 cm³/mol. The van der Waals surface area contributed by atoms with Gasteiger partial charge in [0.15, 0.2) is 0 Å². The molecule has 3 aromatic rings. The van der Waals surface area contributed by atoms with Crippen molar-refractivity contribution in [2.45, 2.75) is 39.2 Å². The van der Waals surface area contributed by atoms with E-state index in [2.05, 4.69) is 17.3 Å². The maximum atomic E-state index is 12.7. The number of hydrazine groups is 1. The molecular weight excluding hydrogens is 344 g/mol. The van der Waals surface area contributed by atoms with Crippen LogP contribution in [0.5, 0.6) is 0 Å². The van der Waals surface area contributed by atoms with Crippen LogP contribution < -0.4 is 16.0 Å². The van der Waals surface area contributed by atoms with Crippen molar-refractivity contribution in [3.8, 4) is 0 Å². The smallest absolute Gasteiger partial charge is 0.259 e. The third kappa shape index (κ3) is 3.15. The molecule has 0 fully saturated rings. The fraction of sp³-hybridized carbons (Fsp3) is 0.400. The second-order valence-corrected chi connectivity index (χ2v) is 8.31. The van der Waals surface area contributed by atoms with Crippen molar-refractivity contribution in [1.82, 2.24) is 15.4 Å². The average molecular weight is 369 g/mol. The van der Waals surface area contributed by atoms with Crippen molar-refractivity contribution in [3.63, 3.8) is 0 Å². The molecule has 2 aromatic heterocycles. The molecule has 1 aromatic carbocycles. The summed E-state index contributed by atoms with van der Waals surface area (Å²) in [6.07, 6.45) is 3.21. The Bertz CT molecular complexity index is 979. The van der Waals surface area contributed by atoms with Gasteiger partial charge in [-0.1, -0.05) is 25.1 Å². The van der Waals surface area contributed by atoms with E-state index in [0.717, 1.165) is 35.2 Å². The number of thiophene rings is 1. The first-order valence-corrected chi connectivity index (χ1v) is 9.94. The highest BCUT2D eigenvalue weighted by molar-refractivity contribution is 7.18. The van der Waals surface area contributed by atoms with E-state index < -0.39 is 0 Å². The normalized spacial score (nSPS) is 17.9. The van der Waals surface area contributed by atoms with Gasteiger partial charge in [-0.05, 0) is 49.8 Å². The number of aromatic nitrogens is 2. The van der Waals surface area contributed by atoms with Crippen LogP contribution in [-0.2, 0) is 12.8 Å². The van der Waals surface area contributed by atoms with Gasteiger partial charge in [0.2, 0.25) is 0 Å². The summed E-state index contributed by atoms with van der Waals surface area (Å²) in [5.41, 5.74) is 5.66. The van der Waals surface area contributed by atoms with Crippen molar-refractivity contribution >= 4 is 27.2 Å². The van der Waals surface area contributed by atoms with Gasteiger partial charge in [0.05, 0.1) is 17.1 Å². The second kappa shape index (κ2) is 6.85. The summed E-state index contributed by atoms with van der Waals surface area (Å²) in [6.45, 7) is 4.29. The molecule has 0 amide bonds. The quantitative estimate of drug-likeness (QED) is 0.688. The van der Waals surface area contributed by atoms with Crippen LogP contribution in [0.25, 0.3) is 10.2 Å². The fourth-order valence-corrected chi connectivity index (χ4v) is 5.04.